The van der Waals surface area contributed by atoms with Crippen LogP contribution in [0, 0.1) is 0 Å². The Hall–Kier alpha value is -2.24. The molecular weight excluding hydrogens is 267 g/mol. The fourth-order valence-corrected chi connectivity index (χ4v) is 1.30. The van der Waals surface area contributed by atoms with E-state index in [2.05, 4.69) is 30.7 Å². The van der Waals surface area contributed by atoms with Crippen molar-refractivity contribution >= 4 is 5.95 Å². The molecule has 0 radical (unpaired) electrons. The second kappa shape index (κ2) is 5.17. The van der Waals surface area contributed by atoms with E-state index in [-0.39, 0.29) is 12.5 Å². The minimum Gasteiger partial charge on any atom is -0.277 e. The molecule has 0 amide bonds. The number of nitrogens with two attached hydrogens (primary N) is 1. The first-order chi connectivity index (χ1) is 8.97. The molecule has 0 aromatic carbocycles. The number of nitrogens with zero attached hydrogens (tertiary/aromatic N) is 6. The summed E-state index contributed by atoms with van der Waals surface area (Å²) in [7, 11) is 0. The van der Waals surface area contributed by atoms with E-state index in [1.807, 2.05) is 0 Å². The highest BCUT2D eigenvalue weighted by Crippen LogP contribution is 2.26. The fourth-order valence-electron chi connectivity index (χ4n) is 1.30. The van der Waals surface area contributed by atoms with Gasteiger partial charge in [-0.1, -0.05) is 5.21 Å². The Balaban J connectivity index is 1.86. The quantitative estimate of drug-likeness (QED) is 0.503. The zero-order valence-electron chi connectivity index (χ0n) is 9.52. The predicted octanol–water partition coefficient (Wildman–Crippen LogP) is -0.351. The molecule has 0 saturated carbocycles. The summed E-state index contributed by atoms with van der Waals surface area (Å²) >= 11 is 0. The number of aromatic nitrogens is 7. The van der Waals surface area contributed by atoms with Gasteiger partial charge < -0.3 is 0 Å². The first kappa shape index (κ1) is 13.2. The van der Waals surface area contributed by atoms with Crippen LogP contribution in [0.25, 0.3) is 0 Å². The molecule has 0 unspecified atom stereocenters. The lowest BCUT2D eigenvalue weighted by Crippen LogP contribution is -2.33. The van der Waals surface area contributed by atoms with Crippen molar-refractivity contribution in [2.75, 3.05) is 11.6 Å². The average molecular weight is 277 g/mol. The topological polar surface area (TPSA) is 125 Å². The number of hydrogen-bond acceptors (Lipinski definition) is 7. The monoisotopic (exact) mass is 277 g/mol. The molecule has 4 N–H and O–H groups in total. The number of halogens is 3. The van der Waals surface area contributed by atoms with Gasteiger partial charge in [0.05, 0.1) is 0 Å². The predicted molar refractivity (Wildman–Crippen MR) is 55.4 cm³/mol. The zero-order valence-corrected chi connectivity index (χ0v) is 9.52. The van der Waals surface area contributed by atoms with E-state index < -0.39 is 12.0 Å². The number of alkyl halides is 3. The van der Waals surface area contributed by atoms with Gasteiger partial charge in [0.15, 0.2) is 5.82 Å². The first-order valence-corrected chi connectivity index (χ1v) is 5.21. The number of aryl methyl sites for hydroxylation is 1. The molecule has 2 rings (SSSR count). The summed E-state index contributed by atoms with van der Waals surface area (Å²) < 4.78 is 36.8. The molecule has 0 atom stereocenters. The molecule has 2 aromatic heterocycles. The summed E-state index contributed by atoms with van der Waals surface area (Å²) in [5, 5.41) is 19.3. The second-order valence-corrected chi connectivity index (χ2v) is 3.61. The maximum atomic E-state index is 12.3. The molecule has 0 saturated heterocycles. The molecule has 0 aliphatic heterocycles. The van der Waals surface area contributed by atoms with Crippen LogP contribution in [0.2, 0.25) is 0 Å². The number of hydrazine groups is 1. The van der Waals surface area contributed by atoms with Crippen LogP contribution in [0.15, 0.2) is 0 Å². The van der Waals surface area contributed by atoms with Gasteiger partial charge in [0, 0.05) is 13.0 Å². The van der Waals surface area contributed by atoms with E-state index in [0.29, 0.717) is 18.7 Å². The SMILES string of the molecule is NN(CCCc1nn[nH]n1)c1n[nH]c(C(F)(F)F)n1. The van der Waals surface area contributed by atoms with Crippen LogP contribution in [-0.4, -0.2) is 42.4 Å². The van der Waals surface area contributed by atoms with Gasteiger partial charge in [0.2, 0.25) is 5.82 Å². The van der Waals surface area contributed by atoms with E-state index in [4.69, 9.17) is 5.84 Å². The van der Waals surface area contributed by atoms with Crippen molar-refractivity contribution in [2.45, 2.75) is 19.0 Å². The van der Waals surface area contributed by atoms with Crippen molar-refractivity contribution in [3.05, 3.63) is 11.6 Å². The van der Waals surface area contributed by atoms with Crippen molar-refractivity contribution in [3.63, 3.8) is 0 Å². The highest BCUT2D eigenvalue weighted by atomic mass is 19.4. The number of aromatic amines is 2. The third-order valence-corrected chi connectivity index (χ3v) is 2.19. The van der Waals surface area contributed by atoms with Crippen LogP contribution in [0.3, 0.4) is 0 Å². The molecule has 19 heavy (non-hydrogen) atoms. The van der Waals surface area contributed by atoms with Gasteiger partial charge in [-0.2, -0.15) is 23.4 Å². The minimum absolute atomic E-state index is 0.222. The molecule has 0 spiro atoms. The van der Waals surface area contributed by atoms with Crippen molar-refractivity contribution < 1.29 is 13.2 Å². The molecule has 0 aliphatic rings. The normalized spacial score (nSPS) is 11.8. The molecule has 0 aliphatic carbocycles. The van der Waals surface area contributed by atoms with Gasteiger partial charge in [-0.3, -0.25) is 10.1 Å². The molecule has 0 bridgehead atoms. The Labute approximate surface area is 104 Å². The largest absolute Gasteiger partial charge is 0.451 e. The van der Waals surface area contributed by atoms with Gasteiger partial charge in [0.1, 0.15) is 0 Å². The molecular formula is C7H10F3N9. The second-order valence-electron chi connectivity index (χ2n) is 3.61. The zero-order chi connectivity index (χ0) is 13.9. The van der Waals surface area contributed by atoms with E-state index in [1.165, 1.54) is 0 Å². The maximum Gasteiger partial charge on any atom is 0.451 e. The standard InChI is InChI=1S/C7H10F3N9/c8-7(9,10)5-12-6(16-15-5)19(11)3-1-2-4-13-17-18-14-4/h1-3,11H2,(H,12,15,16)(H,13,14,17,18). The number of tetrazole rings is 1. The third-order valence-electron chi connectivity index (χ3n) is 2.19. The maximum absolute atomic E-state index is 12.3. The van der Waals surface area contributed by atoms with E-state index in [0.717, 1.165) is 5.01 Å². The lowest BCUT2D eigenvalue weighted by Gasteiger charge is -2.12. The fraction of sp³-hybridized carbons (Fsp3) is 0.571. The van der Waals surface area contributed by atoms with Crippen LogP contribution in [0.5, 0.6) is 0 Å². The summed E-state index contributed by atoms with van der Waals surface area (Å²) in [4.78, 5) is 3.26. The summed E-state index contributed by atoms with van der Waals surface area (Å²) in [5.41, 5.74) is 0. The van der Waals surface area contributed by atoms with E-state index in [1.54, 1.807) is 5.10 Å². The first-order valence-electron chi connectivity index (χ1n) is 5.21. The van der Waals surface area contributed by atoms with E-state index in [9.17, 15) is 13.2 Å². The van der Waals surface area contributed by atoms with Crippen LogP contribution in [-0.2, 0) is 12.6 Å². The summed E-state index contributed by atoms with van der Waals surface area (Å²) in [5.74, 6) is 4.64. The van der Waals surface area contributed by atoms with Crippen molar-refractivity contribution in [1.82, 2.24) is 35.8 Å². The highest BCUT2D eigenvalue weighted by Gasteiger charge is 2.35. The van der Waals surface area contributed by atoms with Gasteiger partial charge in [-0.05, 0) is 6.42 Å². The Morgan fingerprint density at radius 3 is 2.63 bits per heavy atom. The van der Waals surface area contributed by atoms with Crippen LogP contribution >= 0.6 is 0 Å². The van der Waals surface area contributed by atoms with Crippen LogP contribution in [0.1, 0.15) is 18.1 Å². The summed E-state index contributed by atoms with van der Waals surface area (Å²) in [6.45, 7) is 0.254. The third kappa shape index (κ3) is 3.37. The Bertz CT molecular complexity index is 504. The molecule has 2 aromatic rings. The Morgan fingerprint density at radius 2 is 2.05 bits per heavy atom. The Kier molecular flexibility index (Phi) is 3.59. The van der Waals surface area contributed by atoms with Crippen molar-refractivity contribution in [1.29, 1.82) is 0 Å². The van der Waals surface area contributed by atoms with Crippen LogP contribution < -0.4 is 10.9 Å². The van der Waals surface area contributed by atoms with Gasteiger partial charge in [-0.25, -0.2) is 5.84 Å². The van der Waals surface area contributed by atoms with Crippen molar-refractivity contribution in [3.8, 4) is 0 Å². The molecule has 0 fully saturated rings. The lowest BCUT2D eigenvalue weighted by atomic mass is 10.3. The molecule has 9 nitrogen and oxygen atoms in total. The molecule has 12 heteroatoms. The smallest absolute Gasteiger partial charge is 0.277 e. The number of H-pyrrole nitrogens is 2. The highest BCUT2D eigenvalue weighted by molar-refractivity contribution is 5.25. The van der Waals surface area contributed by atoms with Gasteiger partial charge >= 0.3 is 6.18 Å². The van der Waals surface area contributed by atoms with Crippen LogP contribution in [0.4, 0.5) is 19.1 Å². The van der Waals surface area contributed by atoms with Gasteiger partial charge in [-0.15, -0.1) is 15.3 Å². The van der Waals surface area contributed by atoms with Crippen molar-refractivity contribution in [2.24, 2.45) is 5.84 Å². The lowest BCUT2D eigenvalue weighted by molar-refractivity contribution is -0.144. The molecule has 2 heterocycles. The van der Waals surface area contributed by atoms with Gasteiger partial charge in [0.25, 0.3) is 5.95 Å². The molecule has 104 valence electrons. The summed E-state index contributed by atoms with van der Waals surface area (Å²) in [6, 6.07) is 0. The number of anilines is 1. The summed E-state index contributed by atoms with van der Waals surface area (Å²) in [6.07, 6.45) is -3.57. The number of hydrogen-bond donors (Lipinski definition) is 3. The average Bonchev–Trinajstić information content (AvgIpc) is 2.99. The number of rotatable bonds is 5. The minimum atomic E-state index is -4.57. The van der Waals surface area contributed by atoms with E-state index >= 15 is 0 Å². The Morgan fingerprint density at radius 1 is 1.26 bits per heavy atom. The number of nitrogens with one attached hydrogen (secondary N) is 2.